The second kappa shape index (κ2) is 7.45. The molecule has 1 saturated heterocycles. The number of carbonyl (C=O) groups excluding carboxylic acids is 1. The molecule has 6 heteroatoms. The van der Waals surface area contributed by atoms with Crippen molar-refractivity contribution in [3.8, 4) is 0 Å². The van der Waals surface area contributed by atoms with Crippen molar-refractivity contribution in [1.29, 1.82) is 0 Å². The van der Waals surface area contributed by atoms with Gasteiger partial charge in [0, 0.05) is 26.2 Å². The first-order valence-electron chi connectivity index (χ1n) is 6.66. The molecule has 0 aromatic rings. The van der Waals surface area contributed by atoms with Gasteiger partial charge in [0.25, 0.3) is 0 Å². The zero-order chi connectivity index (χ0) is 14.3. The number of hydrogen-bond acceptors (Lipinski definition) is 4. The summed E-state index contributed by atoms with van der Waals surface area (Å²) < 4.78 is 10.5. The summed E-state index contributed by atoms with van der Waals surface area (Å²) in [5.41, 5.74) is -0.882. The average molecular weight is 273 g/mol. The molecular formula is C13H23NO5. The normalized spacial score (nSPS) is 18.3. The Morgan fingerprint density at radius 1 is 1.37 bits per heavy atom. The van der Waals surface area contributed by atoms with Gasteiger partial charge in [0.1, 0.15) is 0 Å². The maximum absolute atomic E-state index is 11.6. The fourth-order valence-corrected chi connectivity index (χ4v) is 1.97. The van der Waals surface area contributed by atoms with Crippen molar-refractivity contribution in [1.82, 2.24) is 5.32 Å². The fourth-order valence-electron chi connectivity index (χ4n) is 1.97. The summed E-state index contributed by atoms with van der Waals surface area (Å²) in [4.78, 5) is 23.0. The van der Waals surface area contributed by atoms with Gasteiger partial charge < -0.3 is 19.9 Å². The minimum absolute atomic E-state index is 0.0913. The zero-order valence-electron chi connectivity index (χ0n) is 11.6. The molecule has 19 heavy (non-hydrogen) atoms. The molecule has 1 aliphatic heterocycles. The van der Waals surface area contributed by atoms with E-state index in [2.05, 4.69) is 5.32 Å². The van der Waals surface area contributed by atoms with E-state index in [0.717, 1.165) is 0 Å². The summed E-state index contributed by atoms with van der Waals surface area (Å²) in [5, 5.41) is 12.0. The van der Waals surface area contributed by atoms with Crippen LogP contribution >= 0.6 is 0 Å². The van der Waals surface area contributed by atoms with Crippen LogP contribution in [0.3, 0.4) is 0 Å². The highest BCUT2D eigenvalue weighted by Gasteiger charge is 2.40. The highest BCUT2D eigenvalue weighted by atomic mass is 16.5. The second-order valence-electron chi connectivity index (χ2n) is 5.14. The number of ether oxygens (including phenoxy) is 2. The molecule has 0 aromatic carbocycles. The minimum atomic E-state index is -0.882. The van der Waals surface area contributed by atoms with Crippen LogP contribution in [-0.4, -0.2) is 49.5 Å². The van der Waals surface area contributed by atoms with Gasteiger partial charge in [0.2, 0.25) is 5.91 Å². The van der Waals surface area contributed by atoms with E-state index < -0.39 is 11.4 Å². The number of carbonyl (C=O) groups is 2. The van der Waals surface area contributed by atoms with E-state index in [4.69, 9.17) is 9.47 Å². The first-order chi connectivity index (χ1) is 8.96. The van der Waals surface area contributed by atoms with Gasteiger partial charge >= 0.3 is 5.97 Å². The molecule has 0 aromatic heterocycles. The highest BCUT2D eigenvalue weighted by molar-refractivity contribution is 5.79. The Balaban J connectivity index is 2.35. The fraction of sp³-hybridized carbons (Fsp3) is 0.846. The number of aliphatic carboxylic acids is 1. The van der Waals surface area contributed by atoms with Crippen molar-refractivity contribution in [2.75, 3.05) is 26.4 Å². The number of carboxylic acids is 1. The average Bonchev–Trinajstić information content (AvgIpc) is 2.37. The highest BCUT2D eigenvalue weighted by Crippen LogP contribution is 2.30. The second-order valence-corrected chi connectivity index (χ2v) is 5.14. The zero-order valence-corrected chi connectivity index (χ0v) is 11.6. The maximum Gasteiger partial charge on any atom is 0.311 e. The molecule has 0 saturated carbocycles. The third-order valence-corrected chi connectivity index (χ3v) is 3.31. The van der Waals surface area contributed by atoms with Gasteiger partial charge in [0.05, 0.1) is 18.1 Å². The SMILES string of the molecule is CC(C)OCCC(=O)NCC1(C(=O)O)CCOCC1. The van der Waals surface area contributed by atoms with Crippen molar-refractivity contribution in [3.05, 3.63) is 0 Å². The molecule has 0 bridgehead atoms. The van der Waals surface area contributed by atoms with E-state index in [1.807, 2.05) is 13.8 Å². The van der Waals surface area contributed by atoms with E-state index in [9.17, 15) is 14.7 Å². The molecular weight excluding hydrogens is 250 g/mol. The van der Waals surface area contributed by atoms with E-state index in [1.165, 1.54) is 0 Å². The first-order valence-corrected chi connectivity index (χ1v) is 6.66. The number of rotatable bonds is 7. The van der Waals surface area contributed by atoms with E-state index >= 15 is 0 Å². The molecule has 1 heterocycles. The van der Waals surface area contributed by atoms with Crippen LogP contribution in [0.15, 0.2) is 0 Å². The van der Waals surface area contributed by atoms with Crippen molar-refractivity contribution >= 4 is 11.9 Å². The predicted octanol–water partition coefficient (Wildman–Crippen LogP) is 0.799. The van der Waals surface area contributed by atoms with Gasteiger partial charge in [-0.15, -0.1) is 0 Å². The van der Waals surface area contributed by atoms with Crippen molar-refractivity contribution in [2.24, 2.45) is 5.41 Å². The summed E-state index contributed by atoms with van der Waals surface area (Å²) in [6.07, 6.45) is 1.22. The van der Waals surface area contributed by atoms with Gasteiger partial charge in [-0.25, -0.2) is 0 Å². The number of amides is 1. The lowest BCUT2D eigenvalue weighted by Gasteiger charge is -2.33. The Hall–Kier alpha value is -1.14. The quantitative estimate of drug-likeness (QED) is 0.716. The minimum Gasteiger partial charge on any atom is -0.481 e. The number of nitrogens with one attached hydrogen (secondary N) is 1. The van der Waals surface area contributed by atoms with Gasteiger partial charge in [-0.1, -0.05) is 0 Å². The number of hydrogen-bond donors (Lipinski definition) is 2. The molecule has 0 spiro atoms. The van der Waals surface area contributed by atoms with Crippen molar-refractivity contribution in [3.63, 3.8) is 0 Å². The molecule has 1 fully saturated rings. The molecule has 1 amide bonds. The van der Waals surface area contributed by atoms with E-state index in [0.29, 0.717) is 32.7 Å². The van der Waals surface area contributed by atoms with Crippen LogP contribution in [0.5, 0.6) is 0 Å². The Morgan fingerprint density at radius 3 is 2.53 bits per heavy atom. The Labute approximate surface area is 113 Å². The van der Waals surface area contributed by atoms with Crippen molar-refractivity contribution < 1.29 is 24.2 Å². The van der Waals surface area contributed by atoms with Gasteiger partial charge in [-0.2, -0.15) is 0 Å². The summed E-state index contributed by atoms with van der Waals surface area (Å²) in [6, 6.07) is 0. The lowest BCUT2D eigenvalue weighted by molar-refractivity contribution is -0.154. The lowest BCUT2D eigenvalue weighted by Crippen LogP contribution is -2.46. The molecule has 0 aliphatic carbocycles. The van der Waals surface area contributed by atoms with E-state index in [1.54, 1.807) is 0 Å². The molecule has 0 atom stereocenters. The third-order valence-electron chi connectivity index (χ3n) is 3.31. The third kappa shape index (κ3) is 5.16. The Morgan fingerprint density at radius 2 is 2.00 bits per heavy atom. The lowest BCUT2D eigenvalue weighted by atomic mass is 9.80. The molecule has 0 radical (unpaired) electrons. The Bertz CT molecular complexity index is 310. The molecule has 110 valence electrons. The predicted molar refractivity (Wildman–Crippen MR) is 68.8 cm³/mol. The number of carboxylic acid groups (broad SMARTS) is 1. The smallest absolute Gasteiger partial charge is 0.311 e. The van der Waals surface area contributed by atoms with Crippen LogP contribution in [0.4, 0.5) is 0 Å². The van der Waals surface area contributed by atoms with Crippen LogP contribution in [0.1, 0.15) is 33.1 Å². The monoisotopic (exact) mass is 273 g/mol. The molecule has 1 rings (SSSR count). The van der Waals surface area contributed by atoms with Crippen LogP contribution < -0.4 is 5.32 Å². The van der Waals surface area contributed by atoms with E-state index in [-0.39, 0.29) is 25.0 Å². The van der Waals surface area contributed by atoms with Crippen LogP contribution in [0.2, 0.25) is 0 Å². The summed E-state index contributed by atoms with van der Waals surface area (Å²) in [5.74, 6) is -1.04. The molecule has 0 unspecified atom stereocenters. The van der Waals surface area contributed by atoms with Crippen molar-refractivity contribution in [2.45, 2.75) is 39.2 Å². The summed E-state index contributed by atoms with van der Waals surface area (Å²) >= 11 is 0. The first kappa shape index (κ1) is 15.9. The Kier molecular flexibility index (Phi) is 6.24. The molecule has 2 N–H and O–H groups in total. The standard InChI is InChI=1S/C13H23NO5/c1-10(2)19-6-3-11(15)14-9-13(12(16)17)4-7-18-8-5-13/h10H,3-9H2,1-2H3,(H,14,15)(H,16,17). The van der Waals surface area contributed by atoms with Gasteiger partial charge in [0.15, 0.2) is 0 Å². The summed E-state index contributed by atoms with van der Waals surface area (Å²) in [7, 11) is 0. The molecule has 1 aliphatic rings. The van der Waals surface area contributed by atoms with Crippen LogP contribution in [0, 0.1) is 5.41 Å². The van der Waals surface area contributed by atoms with Gasteiger partial charge in [-0.3, -0.25) is 9.59 Å². The molecule has 6 nitrogen and oxygen atoms in total. The largest absolute Gasteiger partial charge is 0.481 e. The summed E-state index contributed by atoms with van der Waals surface area (Å²) in [6.45, 7) is 5.18. The van der Waals surface area contributed by atoms with Crippen LogP contribution in [-0.2, 0) is 19.1 Å². The topological polar surface area (TPSA) is 84.9 Å². The van der Waals surface area contributed by atoms with Crippen LogP contribution in [0.25, 0.3) is 0 Å². The maximum atomic E-state index is 11.6. The van der Waals surface area contributed by atoms with Gasteiger partial charge in [-0.05, 0) is 26.7 Å².